The molecular formula is C19H24BN3O5. The third-order valence-electron chi connectivity index (χ3n) is 6.16. The maximum Gasteiger partial charge on any atom is 0.497 e. The van der Waals surface area contributed by atoms with Crippen molar-refractivity contribution >= 4 is 35.4 Å². The summed E-state index contributed by atoms with van der Waals surface area (Å²) in [5.74, 6) is -0.765. The van der Waals surface area contributed by atoms with Crippen molar-refractivity contribution < 1.29 is 18.9 Å². The molecular weight excluding hydrogens is 361 g/mol. The lowest BCUT2D eigenvalue weighted by Crippen LogP contribution is -2.44. The maximum absolute atomic E-state index is 13.0. The van der Waals surface area contributed by atoms with Gasteiger partial charge in [0.25, 0.3) is 0 Å². The van der Waals surface area contributed by atoms with Crippen LogP contribution < -0.4 is 16.5 Å². The number of fused-ring (bicyclic) bond motifs is 1. The second-order valence-corrected chi connectivity index (χ2v) is 8.48. The van der Waals surface area contributed by atoms with Gasteiger partial charge < -0.3 is 9.31 Å². The molecule has 28 heavy (non-hydrogen) atoms. The first-order chi connectivity index (χ1) is 13.0. The van der Waals surface area contributed by atoms with E-state index in [2.05, 4.69) is 5.32 Å². The highest BCUT2D eigenvalue weighted by Crippen LogP contribution is 2.37. The molecule has 0 radical (unpaired) electrons. The molecule has 4 rings (SSSR count). The summed E-state index contributed by atoms with van der Waals surface area (Å²) < 4.78 is 15.3. The van der Waals surface area contributed by atoms with Crippen LogP contribution in [0.5, 0.6) is 0 Å². The Morgan fingerprint density at radius 1 is 1.11 bits per heavy atom. The smallest absolute Gasteiger partial charge is 0.399 e. The summed E-state index contributed by atoms with van der Waals surface area (Å²) in [6.45, 7) is 7.89. The van der Waals surface area contributed by atoms with E-state index in [1.54, 1.807) is 13.1 Å². The number of hydrogen-bond donors (Lipinski definition) is 1. The van der Waals surface area contributed by atoms with Gasteiger partial charge in [-0.05, 0) is 40.2 Å². The van der Waals surface area contributed by atoms with E-state index in [9.17, 15) is 14.4 Å². The number of piperidine rings is 1. The molecule has 0 aliphatic carbocycles. The minimum Gasteiger partial charge on any atom is -0.399 e. The van der Waals surface area contributed by atoms with E-state index in [4.69, 9.17) is 9.31 Å². The number of imidazole rings is 1. The van der Waals surface area contributed by atoms with Crippen LogP contribution in [0.3, 0.4) is 0 Å². The van der Waals surface area contributed by atoms with Gasteiger partial charge >= 0.3 is 12.8 Å². The lowest BCUT2D eigenvalue weighted by Gasteiger charge is -2.32. The average molecular weight is 385 g/mol. The van der Waals surface area contributed by atoms with Crippen LogP contribution in [-0.2, 0) is 25.9 Å². The van der Waals surface area contributed by atoms with Crippen molar-refractivity contribution in [2.75, 3.05) is 0 Å². The molecule has 2 saturated heterocycles. The molecule has 2 amide bonds. The van der Waals surface area contributed by atoms with Gasteiger partial charge in [-0.2, -0.15) is 0 Å². The van der Waals surface area contributed by atoms with E-state index < -0.39 is 30.3 Å². The fourth-order valence-corrected chi connectivity index (χ4v) is 3.86. The van der Waals surface area contributed by atoms with Gasteiger partial charge in [-0.1, -0.05) is 12.1 Å². The highest BCUT2D eigenvalue weighted by atomic mass is 16.7. The number of amides is 2. The van der Waals surface area contributed by atoms with Crippen LogP contribution in [0, 0.1) is 0 Å². The van der Waals surface area contributed by atoms with Crippen molar-refractivity contribution in [1.82, 2.24) is 14.5 Å². The third kappa shape index (κ3) is 2.64. The van der Waals surface area contributed by atoms with Gasteiger partial charge in [0.1, 0.15) is 6.04 Å². The highest BCUT2D eigenvalue weighted by Gasteiger charge is 2.52. The molecule has 1 aromatic carbocycles. The second-order valence-electron chi connectivity index (χ2n) is 8.48. The number of imide groups is 1. The zero-order chi connectivity index (χ0) is 20.4. The van der Waals surface area contributed by atoms with Crippen LogP contribution in [-0.4, -0.2) is 39.3 Å². The SMILES string of the molecule is Cn1c(=O)n(C2CCC(=O)NC2=O)c2cccc(B3OC(C)(C)C(C)(C)O3)c21. The van der Waals surface area contributed by atoms with E-state index in [-0.39, 0.29) is 18.0 Å². The molecule has 0 saturated carbocycles. The molecule has 1 atom stereocenters. The zero-order valence-electron chi connectivity index (χ0n) is 16.7. The van der Waals surface area contributed by atoms with Crippen molar-refractivity contribution in [1.29, 1.82) is 0 Å². The first-order valence-corrected chi connectivity index (χ1v) is 9.43. The van der Waals surface area contributed by atoms with E-state index in [0.717, 1.165) is 5.46 Å². The van der Waals surface area contributed by atoms with Crippen LogP contribution in [0.4, 0.5) is 0 Å². The Morgan fingerprint density at radius 3 is 2.36 bits per heavy atom. The minimum absolute atomic E-state index is 0.205. The van der Waals surface area contributed by atoms with Gasteiger partial charge in [-0.25, -0.2) is 4.79 Å². The van der Waals surface area contributed by atoms with Crippen molar-refractivity contribution in [2.24, 2.45) is 7.05 Å². The Balaban J connectivity index is 1.86. The first kappa shape index (κ1) is 19.0. The molecule has 8 nitrogen and oxygen atoms in total. The number of aryl methyl sites for hydroxylation is 1. The topological polar surface area (TPSA) is 91.6 Å². The minimum atomic E-state index is -0.720. The molecule has 148 valence electrons. The Hall–Kier alpha value is -2.39. The standard InChI is InChI=1S/C19H24BN3O5/c1-18(2)19(3,4)28-20(27-18)11-7-6-8-12-15(11)22(5)17(26)23(12)13-9-10-14(24)21-16(13)25/h6-8,13H,9-10H2,1-5H3,(H,21,24,25). The fraction of sp³-hybridized carbons (Fsp3) is 0.526. The molecule has 2 aliphatic heterocycles. The van der Waals surface area contributed by atoms with Gasteiger partial charge in [0.05, 0.1) is 22.2 Å². The number of aromatic nitrogens is 2. The zero-order valence-corrected chi connectivity index (χ0v) is 16.7. The summed E-state index contributed by atoms with van der Waals surface area (Å²) in [5, 5.41) is 2.32. The molecule has 2 fully saturated rings. The maximum atomic E-state index is 13.0. The molecule has 3 heterocycles. The number of nitrogens with zero attached hydrogens (tertiary/aromatic N) is 2. The summed E-state index contributed by atoms with van der Waals surface area (Å²) in [5.41, 5.74) is 0.690. The molecule has 9 heteroatoms. The third-order valence-corrected chi connectivity index (χ3v) is 6.16. The molecule has 1 unspecified atom stereocenters. The van der Waals surface area contributed by atoms with Crippen LogP contribution in [0.25, 0.3) is 11.0 Å². The summed E-state index contributed by atoms with van der Waals surface area (Å²) in [4.78, 5) is 36.9. The highest BCUT2D eigenvalue weighted by molar-refractivity contribution is 6.65. The average Bonchev–Trinajstić information content (AvgIpc) is 2.98. The molecule has 2 aliphatic rings. The number of rotatable bonds is 2. The predicted molar refractivity (Wildman–Crippen MR) is 104 cm³/mol. The summed E-state index contributed by atoms with van der Waals surface area (Å²) in [7, 11) is 1.04. The van der Waals surface area contributed by atoms with Crippen molar-refractivity contribution in [2.45, 2.75) is 57.8 Å². The van der Waals surface area contributed by atoms with Crippen LogP contribution >= 0.6 is 0 Å². The fourth-order valence-electron chi connectivity index (χ4n) is 3.86. The molecule has 0 bridgehead atoms. The molecule has 1 aromatic heterocycles. The van der Waals surface area contributed by atoms with Gasteiger partial charge in [0.2, 0.25) is 11.8 Å². The molecule has 1 N–H and O–H groups in total. The van der Waals surface area contributed by atoms with E-state index in [1.165, 1.54) is 9.13 Å². The normalized spacial score (nSPS) is 24.0. The van der Waals surface area contributed by atoms with Gasteiger partial charge in [0, 0.05) is 18.9 Å². The predicted octanol–water partition coefficient (Wildman–Crippen LogP) is 0.617. The van der Waals surface area contributed by atoms with E-state index >= 15 is 0 Å². The van der Waals surface area contributed by atoms with Crippen molar-refractivity contribution in [3.63, 3.8) is 0 Å². The number of carbonyl (C=O) groups excluding carboxylic acids is 2. The Labute approximate surface area is 162 Å². The molecule has 0 spiro atoms. The Kier molecular flexibility index (Phi) is 4.10. The van der Waals surface area contributed by atoms with E-state index in [0.29, 0.717) is 17.5 Å². The monoisotopic (exact) mass is 385 g/mol. The van der Waals surface area contributed by atoms with Gasteiger partial charge in [-0.15, -0.1) is 0 Å². The van der Waals surface area contributed by atoms with Crippen LogP contribution in [0.1, 0.15) is 46.6 Å². The quantitative estimate of drug-likeness (QED) is 0.605. The van der Waals surface area contributed by atoms with Crippen LogP contribution in [0.15, 0.2) is 23.0 Å². The number of carbonyl (C=O) groups is 2. The summed E-state index contributed by atoms with van der Waals surface area (Å²) in [6, 6.07) is 4.78. The van der Waals surface area contributed by atoms with E-state index in [1.807, 2.05) is 39.8 Å². The number of para-hydroxylation sites is 1. The van der Waals surface area contributed by atoms with Crippen LogP contribution in [0.2, 0.25) is 0 Å². The summed E-state index contributed by atoms with van der Waals surface area (Å²) in [6.07, 6.45) is 0.501. The lowest BCUT2D eigenvalue weighted by molar-refractivity contribution is -0.135. The largest absolute Gasteiger partial charge is 0.497 e. The summed E-state index contributed by atoms with van der Waals surface area (Å²) >= 11 is 0. The van der Waals surface area contributed by atoms with Crippen molar-refractivity contribution in [3.8, 4) is 0 Å². The van der Waals surface area contributed by atoms with Gasteiger partial charge in [0.15, 0.2) is 0 Å². The molecule has 2 aromatic rings. The number of nitrogens with one attached hydrogen (secondary N) is 1. The number of benzene rings is 1. The van der Waals surface area contributed by atoms with Crippen molar-refractivity contribution in [3.05, 3.63) is 28.7 Å². The Morgan fingerprint density at radius 2 is 1.75 bits per heavy atom. The number of hydrogen-bond acceptors (Lipinski definition) is 5. The Bertz CT molecular complexity index is 1040. The lowest BCUT2D eigenvalue weighted by atomic mass is 9.78. The second kappa shape index (κ2) is 6.05. The first-order valence-electron chi connectivity index (χ1n) is 9.43. The van der Waals surface area contributed by atoms with Gasteiger partial charge in [-0.3, -0.25) is 24.0 Å².